The molecule has 3 rings (SSSR count). The minimum atomic E-state index is -4.13. The van der Waals surface area contributed by atoms with E-state index < -0.39 is 16.1 Å². The number of nitrogens with zero attached hydrogens (tertiary/aromatic N) is 2. The quantitative estimate of drug-likeness (QED) is 0.722. The summed E-state index contributed by atoms with van der Waals surface area (Å²) in [6.45, 7) is 1.73. The molecule has 0 aromatic heterocycles. The standard InChI is InChI=1S/C18H19N5O4S/c1-13-12-17(27-2)20-23(19-13)21-18(24)22-28(25,26)16-11-7-6-10-15(16)14-8-4-3-5-9-14/h3-12,19H,1-2H3,(H2,21,22,24). The molecule has 0 bridgehead atoms. The van der Waals surface area contributed by atoms with Crippen LogP contribution in [0.5, 0.6) is 0 Å². The van der Waals surface area contributed by atoms with Crippen LogP contribution < -0.4 is 15.6 Å². The van der Waals surface area contributed by atoms with Crippen molar-refractivity contribution in [3.63, 3.8) is 0 Å². The van der Waals surface area contributed by atoms with Crippen LogP contribution in [0.1, 0.15) is 6.92 Å². The maximum Gasteiger partial charge on any atom is 0.350 e. The highest BCUT2D eigenvalue weighted by molar-refractivity contribution is 7.90. The number of hydrazine groups is 2. The predicted molar refractivity (Wildman–Crippen MR) is 104 cm³/mol. The average molecular weight is 401 g/mol. The molecular formula is C18H19N5O4S. The molecular weight excluding hydrogens is 382 g/mol. The maximum atomic E-state index is 12.8. The first-order valence-electron chi connectivity index (χ1n) is 8.24. The van der Waals surface area contributed by atoms with E-state index in [0.29, 0.717) is 11.3 Å². The maximum absolute atomic E-state index is 12.8. The summed E-state index contributed by atoms with van der Waals surface area (Å²) >= 11 is 0. The van der Waals surface area contributed by atoms with Crippen molar-refractivity contribution < 1.29 is 17.9 Å². The molecule has 0 unspecified atom stereocenters. The summed E-state index contributed by atoms with van der Waals surface area (Å²) in [6.07, 6.45) is 1.61. The summed E-state index contributed by atoms with van der Waals surface area (Å²) in [5.74, 6) is 0.244. The fourth-order valence-electron chi connectivity index (χ4n) is 2.54. The van der Waals surface area contributed by atoms with Crippen LogP contribution in [-0.4, -0.2) is 32.7 Å². The number of nitrogens with one attached hydrogen (secondary N) is 3. The first-order valence-corrected chi connectivity index (χ1v) is 9.73. The Bertz CT molecular complexity index is 1030. The number of allylic oxidation sites excluding steroid dienone is 1. The molecule has 2 amide bonds. The highest BCUT2D eigenvalue weighted by Crippen LogP contribution is 2.26. The topological polar surface area (TPSA) is 112 Å². The molecule has 0 spiro atoms. The minimum absolute atomic E-state index is 0.0138. The molecule has 1 heterocycles. The van der Waals surface area contributed by atoms with E-state index >= 15 is 0 Å². The van der Waals surface area contributed by atoms with Crippen molar-refractivity contribution in [1.29, 1.82) is 0 Å². The van der Waals surface area contributed by atoms with Gasteiger partial charge in [-0.15, -0.1) is 5.23 Å². The summed E-state index contributed by atoms with van der Waals surface area (Å²) < 4.78 is 32.6. The SMILES string of the molecule is COC1=NN(NC(=O)NS(=O)(=O)c2ccccc2-c2ccccc2)NC(C)=C1. The summed E-state index contributed by atoms with van der Waals surface area (Å²) in [4.78, 5) is 12.2. The van der Waals surface area contributed by atoms with Crippen molar-refractivity contribution in [3.05, 3.63) is 66.4 Å². The number of ether oxygens (including phenoxy) is 1. The molecule has 2 aromatic rings. The molecule has 9 nitrogen and oxygen atoms in total. The van der Waals surface area contributed by atoms with Crippen LogP contribution in [0, 0.1) is 0 Å². The Hall–Kier alpha value is -3.53. The van der Waals surface area contributed by atoms with Gasteiger partial charge in [0, 0.05) is 17.3 Å². The Kier molecular flexibility index (Phi) is 5.50. The van der Waals surface area contributed by atoms with Crippen molar-refractivity contribution in [2.24, 2.45) is 5.10 Å². The van der Waals surface area contributed by atoms with Gasteiger partial charge in [0.1, 0.15) is 0 Å². The van der Waals surface area contributed by atoms with E-state index in [1.807, 2.05) is 22.9 Å². The fourth-order valence-corrected chi connectivity index (χ4v) is 3.68. The summed E-state index contributed by atoms with van der Waals surface area (Å²) in [6, 6.07) is 14.5. The molecule has 0 aliphatic carbocycles. The number of carbonyl (C=O) groups excluding carboxylic acids is 1. The predicted octanol–water partition coefficient (Wildman–Crippen LogP) is 1.94. The zero-order valence-corrected chi connectivity index (χ0v) is 16.0. The van der Waals surface area contributed by atoms with Gasteiger partial charge in [-0.2, -0.15) is 0 Å². The van der Waals surface area contributed by atoms with Gasteiger partial charge in [-0.05, 0) is 18.6 Å². The van der Waals surface area contributed by atoms with Crippen LogP contribution in [0.3, 0.4) is 0 Å². The summed E-state index contributed by atoms with van der Waals surface area (Å²) in [5.41, 5.74) is 6.86. The zero-order valence-electron chi connectivity index (χ0n) is 15.2. The lowest BCUT2D eigenvalue weighted by atomic mass is 10.1. The fraction of sp³-hybridized carbons (Fsp3) is 0.111. The first kappa shape index (κ1) is 19.2. The lowest BCUT2D eigenvalue weighted by Gasteiger charge is -2.25. The van der Waals surface area contributed by atoms with E-state index in [2.05, 4.69) is 16.0 Å². The van der Waals surface area contributed by atoms with E-state index in [-0.39, 0.29) is 10.8 Å². The van der Waals surface area contributed by atoms with Crippen molar-refractivity contribution in [2.45, 2.75) is 11.8 Å². The molecule has 10 heteroatoms. The number of amides is 2. The van der Waals surface area contributed by atoms with Crippen LogP contribution in [-0.2, 0) is 14.8 Å². The number of urea groups is 1. The Morgan fingerprint density at radius 1 is 1.11 bits per heavy atom. The number of carbonyl (C=O) groups is 1. The Morgan fingerprint density at radius 3 is 2.50 bits per heavy atom. The first-order chi connectivity index (χ1) is 13.4. The van der Waals surface area contributed by atoms with Gasteiger partial charge < -0.3 is 4.74 Å². The third-order valence-corrected chi connectivity index (χ3v) is 5.11. The Morgan fingerprint density at radius 2 is 1.79 bits per heavy atom. The van der Waals surface area contributed by atoms with Crippen LogP contribution in [0.15, 0.2) is 76.4 Å². The van der Waals surface area contributed by atoms with E-state index in [4.69, 9.17) is 4.74 Å². The van der Waals surface area contributed by atoms with Crippen molar-refractivity contribution >= 4 is 22.0 Å². The summed E-state index contributed by atoms with van der Waals surface area (Å²) in [5, 5.41) is 4.89. The Balaban J connectivity index is 1.79. The van der Waals surface area contributed by atoms with Crippen LogP contribution >= 0.6 is 0 Å². The van der Waals surface area contributed by atoms with Crippen molar-refractivity contribution in [2.75, 3.05) is 7.11 Å². The van der Waals surface area contributed by atoms with Gasteiger partial charge in [0.05, 0.1) is 12.0 Å². The molecule has 3 N–H and O–H groups in total. The molecule has 0 radical (unpaired) electrons. The van der Waals surface area contributed by atoms with Gasteiger partial charge in [0.25, 0.3) is 10.0 Å². The number of rotatable bonds is 4. The average Bonchev–Trinajstić information content (AvgIpc) is 2.67. The van der Waals surface area contributed by atoms with Gasteiger partial charge in [-0.3, -0.25) is 5.43 Å². The molecule has 1 aliphatic heterocycles. The molecule has 2 aromatic carbocycles. The van der Waals surface area contributed by atoms with E-state index in [1.54, 1.807) is 43.3 Å². The number of methoxy groups -OCH3 is 1. The van der Waals surface area contributed by atoms with Gasteiger partial charge in [-0.25, -0.2) is 23.4 Å². The van der Waals surface area contributed by atoms with Crippen molar-refractivity contribution in [3.8, 4) is 11.1 Å². The van der Waals surface area contributed by atoms with Gasteiger partial charge in [0.2, 0.25) is 5.90 Å². The number of hydrazone groups is 1. The molecule has 0 atom stereocenters. The number of benzene rings is 2. The van der Waals surface area contributed by atoms with Gasteiger partial charge in [0.15, 0.2) is 0 Å². The van der Waals surface area contributed by atoms with Crippen LogP contribution in [0.4, 0.5) is 4.79 Å². The van der Waals surface area contributed by atoms with Crippen LogP contribution in [0.2, 0.25) is 0 Å². The lowest BCUT2D eigenvalue weighted by molar-refractivity contribution is 0.138. The lowest BCUT2D eigenvalue weighted by Crippen LogP contribution is -2.53. The number of hydrogen-bond acceptors (Lipinski definition) is 7. The Labute approximate surface area is 162 Å². The summed E-state index contributed by atoms with van der Waals surface area (Å²) in [7, 11) is -2.70. The second-order valence-corrected chi connectivity index (χ2v) is 7.45. The largest absolute Gasteiger partial charge is 0.480 e. The van der Waals surface area contributed by atoms with E-state index in [0.717, 1.165) is 10.8 Å². The number of hydrogen-bond donors (Lipinski definition) is 3. The molecule has 0 fully saturated rings. The molecule has 0 saturated heterocycles. The van der Waals surface area contributed by atoms with Crippen LogP contribution in [0.25, 0.3) is 11.1 Å². The highest BCUT2D eigenvalue weighted by atomic mass is 32.2. The van der Waals surface area contributed by atoms with E-state index in [1.165, 1.54) is 13.2 Å². The highest BCUT2D eigenvalue weighted by Gasteiger charge is 2.23. The number of sulfonamides is 1. The third kappa shape index (κ3) is 4.41. The molecule has 1 aliphatic rings. The normalized spacial score (nSPS) is 13.7. The minimum Gasteiger partial charge on any atom is -0.480 e. The molecule has 28 heavy (non-hydrogen) atoms. The molecule has 0 saturated carbocycles. The molecule has 146 valence electrons. The second kappa shape index (κ2) is 8.01. The van der Waals surface area contributed by atoms with Crippen molar-refractivity contribution in [1.82, 2.24) is 20.8 Å². The smallest absolute Gasteiger partial charge is 0.350 e. The van der Waals surface area contributed by atoms with E-state index in [9.17, 15) is 13.2 Å². The second-order valence-electron chi connectivity index (χ2n) is 5.80. The van der Waals surface area contributed by atoms with Gasteiger partial charge >= 0.3 is 6.03 Å². The zero-order chi connectivity index (χ0) is 20.1. The monoisotopic (exact) mass is 401 g/mol. The third-order valence-electron chi connectivity index (χ3n) is 3.73. The van der Waals surface area contributed by atoms with Gasteiger partial charge in [-0.1, -0.05) is 53.6 Å².